The first-order chi connectivity index (χ1) is 8.20. The van der Waals surface area contributed by atoms with E-state index < -0.39 is 0 Å². The highest BCUT2D eigenvalue weighted by molar-refractivity contribution is 7.17. The SMILES string of the molecule is CNc1nnc(C(=O)NC(C)c2cn[nH]c2)s1. The summed E-state index contributed by atoms with van der Waals surface area (Å²) in [6.45, 7) is 1.88. The maximum atomic E-state index is 11.8. The lowest BCUT2D eigenvalue weighted by Crippen LogP contribution is -2.26. The highest BCUT2D eigenvalue weighted by Crippen LogP contribution is 2.16. The molecule has 0 saturated carbocycles. The van der Waals surface area contributed by atoms with E-state index in [1.165, 1.54) is 11.3 Å². The second-order valence-electron chi connectivity index (χ2n) is 3.39. The Morgan fingerprint density at radius 1 is 1.53 bits per heavy atom. The smallest absolute Gasteiger partial charge is 0.282 e. The number of hydrogen-bond donors (Lipinski definition) is 3. The van der Waals surface area contributed by atoms with Gasteiger partial charge in [0.05, 0.1) is 12.2 Å². The van der Waals surface area contributed by atoms with Gasteiger partial charge in [0.25, 0.3) is 5.91 Å². The molecule has 0 radical (unpaired) electrons. The molecule has 0 aliphatic rings. The normalized spacial score (nSPS) is 12.1. The summed E-state index contributed by atoms with van der Waals surface area (Å²) in [5, 5.41) is 20.7. The zero-order valence-corrected chi connectivity index (χ0v) is 10.2. The number of nitrogens with one attached hydrogen (secondary N) is 3. The second-order valence-corrected chi connectivity index (χ2v) is 4.37. The van der Waals surface area contributed by atoms with Gasteiger partial charge in [0.15, 0.2) is 0 Å². The summed E-state index contributed by atoms with van der Waals surface area (Å²) >= 11 is 1.21. The summed E-state index contributed by atoms with van der Waals surface area (Å²) in [4.78, 5) is 11.8. The summed E-state index contributed by atoms with van der Waals surface area (Å²) < 4.78 is 0. The molecular formula is C9H12N6OS. The lowest BCUT2D eigenvalue weighted by atomic mass is 10.2. The van der Waals surface area contributed by atoms with Crippen LogP contribution in [0.3, 0.4) is 0 Å². The predicted molar refractivity (Wildman–Crippen MR) is 63.9 cm³/mol. The van der Waals surface area contributed by atoms with Crippen molar-refractivity contribution in [3.05, 3.63) is 23.0 Å². The van der Waals surface area contributed by atoms with Gasteiger partial charge in [0.2, 0.25) is 10.1 Å². The number of anilines is 1. The number of H-pyrrole nitrogens is 1. The number of aromatic nitrogens is 4. The van der Waals surface area contributed by atoms with Crippen LogP contribution in [-0.2, 0) is 0 Å². The highest BCUT2D eigenvalue weighted by atomic mass is 32.1. The monoisotopic (exact) mass is 252 g/mol. The molecule has 7 nitrogen and oxygen atoms in total. The quantitative estimate of drug-likeness (QED) is 0.747. The van der Waals surface area contributed by atoms with Crippen LogP contribution in [-0.4, -0.2) is 33.3 Å². The van der Waals surface area contributed by atoms with Crippen LogP contribution < -0.4 is 10.6 Å². The van der Waals surface area contributed by atoms with E-state index in [1.54, 1.807) is 19.4 Å². The Balaban J connectivity index is 2.01. The summed E-state index contributed by atoms with van der Waals surface area (Å²) in [5.74, 6) is -0.238. The third kappa shape index (κ3) is 2.59. The van der Waals surface area contributed by atoms with Gasteiger partial charge in [-0.3, -0.25) is 9.89 Å². The summed E-state index contributed by atoms with van der Waals surface area (Å²) in [5.41, 5.74) is 0.914. The first-order valence-corrected chi connectivity index (χ1v) is 5.83. The van der Waals surface area contributed by atoms with Crippen LogP contribution in [0.4, 0.5) is 5.13 Å². The van der Waals surface area contributed by atoms with E-state index in [-0.39, 0.29) is 11.9 Å². The minimum absolute atomic E-state index is 0.122. The Hall–Kier alpha value is -1.96. The van der Waals surface area contributed by atoms with E-state index in [2.05, 4.69) is 31.0 Å². The van der Waals surface area contributed by atoms with Crippen LogP contribution in [0.2, 0.25) is 0 Å². The zero-order valence-electron chi connectivity index (χ0n) is 9.39. The maximum Gasteiger partial charge on any atom is 0.282 e. The average molecular weight is 252 g/mol. The number of hydrogen-bond acceptors (Lipinski definition) is 6. The van der Waals surface area contributed by atoms with Crippen LogP contribution in [0.15, 0.2) is 12.4 Å². The van der Waals surface area contributed by atoms with Gasteiger partial charge in [-0.1, -0.05) is 11.3 Å². The molecule has 1 unspecified atom stereocenters. The van der Waals surface area contributed by atoms with Crippen molar-refractivity contribution >= 4 is 22.4 Å². The first kappa shape index (κ1) is 11.5. The molecule has 3 N–H and O–H groups in total. The molecular weight excluding hydrogens is 240 g/mol. The minimum atomic E-state index is -0.238. The van der Waals surface area contributed by atoms with Gasteiger partial charge >= 0.3 is 0 Å². The van der Waals surface area contributed by atoms with Gasteiger partial charge in [0.1, 0.15) is 0 Å². The summed E-state index contributed by atoms with van der Waals surface area (Å²) in [6, 6.07) is -0.122. The molecule has 0 spiro atoms. The predicted octanol–water partition coefficient (Wildman–Crippen LogP) is 0.794. The first-order valence-electron chi connectivity index (χ1n) is 5.01. The molecule has 2 aromatic heterocycles. The largest absolute Gasteiger partial charge is 0.363 e. The average Bonchev–Trinajstić information content (AvgIpc) is 3.00. The Kier molecular flexibility index (Phi) is 3.33. The highest BCUT2D eigenvalue weighted by Gasteiger charge is 2.16. The van der Waals surface area contributed by atoms with Crippen molar-refractivity contribution in [2.75, 3.05) is 12.4 Å². The zero-order chi connectivity index (χ0) is 12.3. The fraction of sp³-hybridized carbons (Fsp3) is 0.333. The van der Waals surface area contributed by atoms with Gasteiger partial charge in [-0.15, -0.1) is 10.2 Å². The van der Waals surface area contributed by atoms with E-state index in [4.69, 9.17) is 0 Å². The lowest BCUT2D eigenvalue weighted by molar-refractivity contribution is 0.0939. The Morgan fingerprint density at radius 2 is 2.35 bits per heavy atom. The van der Waals surface area contributed by atoms with Crippen LogP contribution in [0.1, 0.15) is 28.3 Å². The summed E-state index contributed by atoms with van der Waals surface area (Å²) in [7, 11) is 1.73. The van der Waals surface area contributed by atoms with Crippen molar-refractivity contribution in [2.45, 2.75) is 13.0 Å². The number of carbonyl (C=O) groups is 1. The standard InChI is InChI=1S/C9H12N6OS/c1-5(6-3-11-12-4-6)13-7(16)8-14-15-9(10-2)17-8/h3-5H,1-2H3,(H,10,15)(H,11,12)(H,13,16). The van der Waals surface area contributed by atoms with Gasteiger partial charge in [-0.25, -0.2) is 0 Å². The molecule has 1 amide bonds. The third-order valence-electron chi connectivity index (χ3n) is 2.20. The molecule has 1 atom stereocenters. The molecule has 2 aromatic rings. The van der Waals surface area contributed by atoms with E-state index >= 15 is 0 Å². The number of nitrogens with zero attached hydrogens (tertiary/aromatic N) is 3. The van der Waals surface area contributed by atoms with E-state index in [9.17, 15) is 4.79 Å². The van der Waals surface area contributed by atoms with Gasteiger partial charge in [0, 0.05) is 18.8 Å². The van der Waals surface area contributed by atoms with E-state index in [1.807, 2.05) is 6.92 Å². The molecule has 0 aliphatic heterocycles. The van der Waals surface area contributed by atoms with Crippen molar-refractivity contribution in [3.63, 3.8) is 0 Å². The van der Waals surface area contributed by atoms with Crippen LogP contribution in [0.25, 0.3) is 0 Å². The van der Waals surface area contributed by atoms with Crippen molar-refractivity contribution in [1.82, 2.24) is 25.7 Å². The van der Waals surface area contributed by atoms with E-state index in [0.29, 0.717) is 10.1 Å². The van der Waals surface area contributed by atoms with Gasteiger partial charge < -0.3 is 10.6 Å². The fourth-order valence-electron chi connectivity index (χ4n) is 1.26. The number of rotatable bonds is 4. The Bertz CT molecular complexity index is 493. The number of aromatic amines is 1. The van der Waals surface area contributed by atoms with Gasteiger partial charge in [-0.2, -0.15) is 5.10 Å². The molecule has 0 fully saturated rings. The van der Waals surface area contributed by atoms with Gasteiger partial charge in [-0.05, 0) is 6.92 Å². The molecule has 90 valence electrons. The van der Waals surface area contributed by atoms with Crippen LogP contribution >= 0.6 is 11.3 Å². The Morgan fingerprint density at radius 3 is 2.94 bits per heavy atom. The molecule has 0 aliphatic carbocycles. The fourth-order valence-corrected chi connectivity index (χ4v) is 1.86. The number of carbonyl (C=O) groups excluding carboxylic acids is 1. The van der Waals surface area contributed by atoms with Crippen LogP contribution in [0.5, 0.6) is 0 Å². The molecule has 0 saturated heterocycles. The third-order valence-corrected chi connectivity index (χ3v) is 3.14. The number of amides is 1. The van der Waals surface area contributed by atoms with Crippen molar-refractivity contribution in [1.29, 1.82) is 0 Å². The lowest BCUT2D eigenvalue weighted by Gasteiger charge is -2.09. The molecule has 2 rings (SSSR count). The van der Waals surface area contributed by atoms with Crippen molar-refractivity contribution in [3.8, 4) is 0 Å². The molecule has 2 heterocycles. The summed E-state index contributed by atoms with van der Waals surface area (Å²) in [6.07, 6.45) is 3.41. The molecule has 0 aromatic carbocycles. The van der Waals surface area contributed by atoms with Crippen molar-refractivity contribution in [2.24, 2.45) is 0 Å². The van der Waals surface area contributed by atoms with Crippen molar-refractivity contribution < 1.29 is 4.79 Å². The van der Waals surface area contributed by atoms with E-state index in [0.717, 1.165) is 5.56 Å². The maximum absolute atomic E-state index is 11.8. The molecule has 17 heavy (non-hydrogen) atoms. The minimum Gasteiger partial charge on any atom is -0.363 e. The van der Waals surface area contributed by atoms with Crippen LogP contribution in [0, 0.1) is 0 Å². The molecule has 0 bridgehead atoms. The topological polar surface area (TPSA) is 95.6 Å². The molecule has 8 heteroatoms. The Labute approximate surface area is 102 Å². The second kappa shape index (κ2) is 4.91.